The van der Waals surface area contributed by atoms with E-state index in [0.717, 1.165) is 0 Å². The monoisotopic (exact) mass is 375 g/mol. The maximum atomic E-state index is 13.4. The average Bonchev–Trinajstić information content (AvgIpc) is 2.56. The minimum Gasteiger partial charge on any atom is -0.326 e. The number of hydrogen-bond acceptors (Lipinski definition) is 4. The topological polar surface area (TPSA) is 69.7 Å². The van der Waals surface area contributed by atoms with Crippen molar-refractivity contribution < 1.29 is 13.2 Å². The fourth-order valence-electron chi connectivity index (χ4n) is 2.55. The van der Waals surface area contributed by atoms with E-state index in [1.807, 2.05) is 37.2 Å². The Hall–Kier alpha value is -2.38. The highest BCUT2D eigenvalue weighted by Gasteiger charge is 2.27. The van der Waals surface area contributed by atoms with E-state index in [1.54, 1.807) is 31.2 Å². The Morgan fingerprint density at radius 2 is 1.69 bits per heavy atom. The van der Waals surface area contributed by atoms with Crippen molar-refractivity contribution in [1.29, 1.82) is 0 Å². The number of sulfonamides is 1. The lowest BCUT2D eigenvalue weighted by molar-refractivity contribution is -0.114. The second-order valence-electron chi connectivity index (χ2n) is 6.38. The van der Waals surface area contributed by atoms with Crippen LogP contribution in [-0.4, -0.2) is 46.4 Å². The Morgan fingerprint density at radius 1 is 1.04 bits per heavy atom. The molecule has 0 aromatic heterocycles. The number of amides is 1. The summed E-state index contributed by atoms with van der Waals surface area (Å²) in [5, 5.41) is 2.64. The van der Waals surface area contributed by atoms with E-state index in [1.165, 1.54) is 17.3 Å². The van der Waals surface area contributed by atoms with Gasteiger partial charge in [0.1, 0.15) is 0 Å². The molecule has 0 saturated carbocycles. The number of aryl methyl sites for hydroxylation is 1. The van der Waals surface area contributed by atoms with Crippen molar-refractivity contribution in [2.45, 2.75) is 18.7 Å². The minimum atomic E-state index is -3.78. The Morgan fingerprint density at radius 3 is 2.27 bits per heavy atom. The molecule has 0 atom stereocenters. The molecule has 0 unspecified atom stereocenters. The number of rotatable bonds is 7. The van der Waals surface area contributed by atoms with Gasteiger partial charge < -0.3 is 10.2 Å². The van der Waals surface area contributed by atoms with Crippen molar-refractivity contribution in [3.05, 3.63) is 54.1 Å². The number of carbonyl (C=O) groups excluding carboxylic acids is 1. The SMILES string of the molecule is CC(=O)Nc1ccc(C)c(S(=O)(=O)N(CCN(C)C)c2ccccc2)c1. The van der Waals surface area contributed by atoms with Crippen LogP contribution in [0, 0.1) is 6.92 Å². The van der Waals surface area contributed by atoms with Gasteiger partial charge in [-0.2, -0.15) is 0 Å². The molecule has 2 aromatic rings. The summed E-state index contributed by atoms with van der Waals surface area (Å²) in [5.74, 6) is -0.246. The number of nitrogens with one attached hydrogen (secondary N) is 1. The van der Waals surface area contributed by atoms with Crippen LogP contribution in [-0.2, 0) is 14.8 Å². The fraction of sp³-hybridized carbons (Fsp3) is 0.316. The molecule has 0 aliphatic rings. The number of nitrogens with zero attached hydrogens (tertiary/aromatic N) is 2. The molecule has 1 amide bonds. The molecule has 0 fully saturated rings. The maximum absolute atomic E-state index is 13.4. The Labute approximate surface area is 155 Å². The quantitative estimate of drug-likeness (QED) is 0.808. The molecule has 1 N–H and O–H groups in total. The summed E-state index contributed by atoms with van der Waals surface area (Å²) in [6.45, 7) is 4.04. The summed E-state index contributed by atoms with van der Waals surface area (Å²) in [6.07, 6.45) is 0. The summed E-state index contributed by atoms with van der Waals surface area (Å²) in [7, 11) is 0.0191. The van der Waals surface area contributed by atoms with E-state index in [4.69, 9.17) is 0 Å². The highest BCUT2D eigenvalue weighted by molar-refractivity contribution is 7.92. The van der Waals surface area contributed by atoms with E-state index in [-0.39, 0.29) is 10.8 Å². The molecule has 0 aliphatic carbocycles. The molecular formula is C19H25N3O3S. The standard InChI is InChI=1S/C19H25N3O3S/c1-15-10-11-17(20-16(2)23)14-19(15)26(24,25)22(13-12-21(3)4)18-8-6-5-7-9-18/h5-11,14H,12-13H2,1-4H3,(H,20,23). The third-order valence-corrected chi connectivity index (χ3v) is 5.84. The van der Waals surface area contributed by atoms with Crippen LogP contribution < -0.4 is 9.62 Å². The third-order valence-electron chi connectivity index (χ3n) is 3.87. The summed E-state index contributed by atoms with van der Waals surface area (Å²) in [5.41, 5.74) is 1.70. The van der Waals surface area contributed by atoms with Gasteiger partial charge >= 0.3 is 0 Å². The molecule has 0 aliphatic heterocycles. The van der Waals surface area contributed by atoms with Crippen LogP contribution >= 0.6 is 0 Å². The molecule has 6 nitrogen and oxygen atoms in total. The van der Waals surface area contributed by atoms with Crippen LogP contribution in [0.2, 0.25) is 0 Å². The minimum absolute atomic E-state index is 0.186. The first kappa shape index (κ1) is 19.9. The molecule has 0 radical (unpaired) electrons. The van der Waals surface area contributed by atoms with Crippen LogP contribution in [0.25, 0.3) is 0 Å². The summed E-state index contributed by atoms with van der Waals surface area (Å²) in [4.78, 5) is 13.4. The molecule has 2 aromatic carbocycles. The molecule has 26 heavy (non-hydrogen) atoms. The molecule has 0 heterocycles. The molecular weight excluding hydrogens is 350 g/mol. The summed E-state index contributed by atoms with van der Waals surface area (Å²) >= 11 is 0. The van der Waals surface area contributed by atoms with E-state index < -0.39 is 10.0 Å². The van der Waals surface area contributed by atoms with Gasteiger partial charge in [-0.25, -0.2) is 8.42 Å². The highest BCUT2D eigenvalue weighted by Crippen LogP contribution is 2.27. The van der Waals surface area contributed by atoms with Crippen molar-refractivity contribution in [3.8, 4) is 0 Å². The van der Waals surface area contributed by atoms with E-state index in [0.29, 0.717) is 30.0 Å². The molecule has 140 valence electrons. The average molecular weight is 375 g/mol. The van der Waals surface area contributed by atoms with E-state index in [2.05, 4.69) is 5.32 Å². The Kier molecular flexibility index (Phi) is 6.39. The van der Waals surface area contributed by atoms with Gasteiger partial charge in [0.2, 0.25) is 5.91 Å². The first-order chi connectivity index (χ1) is 12.2. The second kappa shape index (κ2) is 8.33. The number of carbonyl (C=O) groups is 1. The lowest BCUT2D eigenvalue weighted by atomic mass is 10.2. The van der Waals surface area contributed by atoms with Gasteiger partial charge in [0.15, 0.2) is 0 Å². The fourth-order valence-corrected chi connectivity index (χ4v) is 4.26. The van der Waals surface area contributed by atoms with Crippen LogP contribution in [0.4, 0.5) is 11.4 Å². The van der Waals surface area contributed by atoms with Crippen molar-refractivity contribution in [2.24, 2.45) is 0 Å². The number of benzene rings is 2. The lowest BCUT2D eigenvalue weighted by Crippen LogP contribution is -2.37. The van der Waals surface area contributed by atoms with Gasteiger partial charge in [-0.3, -0.25) is 9.10 Å². The van der Waals surface area contributed by atoms with Gasteiger partial charge in [-0.05, 0) is 50.8 Å². The van der Waals surface area contributed by atoms with Gasteiger partial charge in [0, 0.05) is 25.7 Å². The summed E-state index contributed by atoms with van der Waals surface area (Å²) in [6, 6.07) is 13.9. The predicted molar refractivity (Wildman–Crippen MR) is 105 cm³/mol. The van der Waals surface area contributed by atoms with Gasteiger partial charge in [-0.15, -0.1) is 0 Å². The Balaban J connectivity index is 2.50. The summed E-state index contributed by atoms with van der Waals surface area (Å²) < 4.78 is 28.2. The van der Waals surface area contributed by atoms with Crippen LogP contribution in [0.3, 0.4) is 0 Å². The van der Waals surface area contributed by atoms with Gasteiger partial charge in [0.05, 0.1) is 10.6 Å². The zero-order chi connectivity index (χ0) is 19.3. The van der Waals surface area contributed by atoms with Crippen molar-refractivity contribution in [3.63, 3.8) is 0 Å². The van der Waals surface area contributed by atoms with Crippen LogP contribution in [0.1, 0.15) is 12.5 Å². The second-order valence-corrected chi connectivity index (χ2v) is 8.21. The first-order valence-electron chi connectivity index (χ1n) is 8.32. The number of para-hydroxylation sites is 1. The maximum Gasteiger partial charge on any atom is 0.264 e. The Bertz CT molecular complexity index is 865. The van der Waals surface area contributed by atoms with E-state index >= 15 is 0 Å². The largest absolute Gasteiger partial charge is 0.326 e. The molecule has 7 heteroatoms. The first-order valence-corrected chi connectivity index (χ1v) is 9.76. The molecule has 0 saturated heterocycles. The normalized spacial score (nSPS) is 11.4. The van der Waals surface area contributed by atoms with Crippen molar-refractivity contribution >= 4 is 27.3 Å². The van der Waals surface area contributed by atoms with Gasteiger partial charge in [0.25, 0.3) is 10.0 Å². The zero-order valence-electron chi connectivity index (χ0n) is 15.6. The molecule has 2 rings (SSSR count). The smallest absolute Gasteiger partial charge is 0.264 e. The van der Waals surface area contributed by atoms with Crippen molar-refractivity contribution in [1.82, 2.24) is 4.90 Å². The molecule has 0 spiro atoms. The van der Waals surface area contributed by atoms with Crippen LogP contribution in [0.15, 0.2) is 53.4 Å². The number of hydrogen-bond donors (Lipinski definition) is 1. The lowest BCUT2D eigenvalue weighted by Gasteiger charge is -2.27. The number of likely N-dealkylation sites (N-methyl/N-ethyl adjacent to an activating group) is 1. The van der Waals surface area contributed by atoms with Gasteiger partial charge in [-0.1, -0.05) is 24.3 Å². The molecule has 0 bridgehead atoms. The van der Waals surface area contributed by atoms with Crippen LogP contribution in [0.5, 0.6) is 0 Å². The highest BCUT2D eigenvalue weighted by atomic mass is 32.2. The van der Waals surface area contributed by atoms with Crippen molar-refractivity contribution in [2.75, 3.05) is 36.8 Å². The van der Waals surface area contributed by atoms with E-state index in [9.17, 15) is 13.2 Å². The predicted octanol–water partition coefficient (Wildman–Crippen LogP) is 2.71. The third kappa shape index (κ3) is 4.83. The zero-order valence-corrected chi connectivity index (χ0v) is 16.4. The number of anilines is 2.